The second kappa shape index (κ2) is 12.9. The maximum atomic E-state index is 14.5. The van der Waals surface area contributed by atoms with Gasteiger partial charge >= 0.3 is 17.9 Å². The number of rotatable bonds is 11. The smallest absolute Gasteiger partial charge is 0.343 e. The Morgan fingerprint density at radius 2 is 1.25 bits per heavy atom. The molecular weight excluding hydrogens is 519 g/mol. The first kappa shape index (κ1) is 27.6. The number of hydrogen-bond donors (Lipinski definition) is 0. The van der Waals surface area contributed by atoms with Crippen LogP contribution in [-0.2, 0) is 19.1 Å². The van der Waals surface area contributed by atoms with Crippen LogP contribution in [0, 0.1) is 5.82 Å². The Bertz CT molecular complexity index is 1580. The molecule has 0 saturated carbocycles. The van der Waals surface area contributed by atoms with Crippen molar-refractivity contribution < 1.29 is 42.5 Å². The Hall–Kier alpha value is -5.44. The molecule has 0 spiro atoms. The molecule has 0 atom stereocenters. The third-order valence-electron chi connectivity index (χ3n) is 5.55. The van der Waals surface area contributed by atoms with E-state index >= 15 is 0 Å². The van der Waals surface area contributed by atoms with E-state index in [1.165, 1.54) is 24.3 Å². The molecule has 40 heavy (non-hydrogen) atoms. The van der Waals surface area contributed by atoms with Crippen molar-refractivity contribution in [3.05, 3.63) is 116 Å². The van der Waals surface area contributed by atoms with Gasteiger partial charge in [-0.15, -0.1) is 0 Å². The first-order valence-corrected chi connectivity index (χ1v) is 11.9. The number of carbonyl (C=O) groups is 3. The second-order valence-electron chi connectivity index (χ2n) is 8.14. The minimum absolute atomic E-state index is 0.0518. The van der Waals surface area contributed by atoms with Gasteiger partial charge in [-0.05, 0) is 76.5 Å². The second-order valence-corrected chi connectivity index (χ2v) is 8.14. The molecule has 0 N–H and O–H groups in total. The molecule has 0 bridgehead atoms. The molecule has 0 saturated heterocycles. The predicted octanol–water partition coefficient (Wildman–Crippen LogP) is 6.00. The van der Waals surface area contributed by atoms with Crippen LogP contribution in [0.15, 0.2) is 104 Å². The molecule has 4 aromatic rings. The van der Waals surface area contributed by atoms with Crippen LogP contribution in [0.2, 0.25) is 0 Å². The standard InChI is InChI=1S/C31H23FO8/c1-3-29(33)38-18-36-25-11-7-20(8-12-25)31(35)40-26-13-9-22-15-21(5-6-23(22)16-26)24-10-14-28(27(32)17-24)37-19-39-30(34)4-2/h3-17H,1-2,18-19H2. The molecule has 0 radical (unpaired) electrons. The van der Waals surface area contributed by atoms with Crippen molar-refractivity contribution in [2.45, 2.75) is 0 Å². The quantitative estimate of drug-likeness (QED) is 0.0986. The Labute approximate surface area is 228 Å². The summed E-state index contributed by atoms with van der Waals surface area (Å²) in [6.07, 6.45) is 2.01. The average molecular weight is 543 g/mol. The topological polar surface area (TPSA) is 97.4 Å². The predicted molar refractivity (Wildman–Crippen MR) is 144 cm³/mol. The minimum atomic E-state index is -0.669. The summed E-state index contributed by atoms with van der Waals surface area (Å²) in [4.78, 5) is 34.7. The zero-order valence-corrected chi connectivity index (χ0v) is 21.1. The zero-order chi connectivity index (χ0) is 28.5. The van der Waals surface area contributed by atoms with Crippen LogP contribution >= 0.6 is 0 Å². The van der Waals surface area contributed by atoms with Crippen molar-refractivity contribution >= 4 is 28.7 Å². The van der Waals surface area contributed by atoms with Gasteiger partial charge in [0.15, 0.2) is 11.6 Å². The van der Waals surface area contributed by atoms with E-state index < -0.39 is 30.5 Å². The number of benzene rings is 4. The summed E-state index contributed by atoms with van der Waals surface area (Å²) in [6.45, 7) is 5.85. The van der Waals surface area contributed by atoms with E-state index in [1.807, 2.05) is 18.2 Å². The van der Waals surface area contributed by atoms with E-state index in [1.54, 1.807) is 36.4 Å². The lowest BCUT2D eigenvalue weighted by Gasteiger charge is -2.10. The highest BCUT2D eigenvalue weighted by Crippen LogP contribution is 2.30. The third kappa shape index (κ3) is 7.11. The van der Waals surface area contributed by atoms with Gasteiger partial charge in [0.1, 0.15) is 11.5 Å². The molecule has 0 aromatic heterocycles. The molecule has 0 heterocycles. The lowest BCUT2D eigenvalue weighted by Crippen LogP contribution is -2.09. The van der Waals surface area contributed by atoms with Crippen LogP contribution in [0.4, 0.5) is 4.39 Å². The lowest BCUT2D eigenvalue weighted by atomic mass is 10.0. The number of ether oxygens (including phenoxy) is 5. The van der Waals surface area contributed by atoms with Gasteiger partial charge in [0.05, 0.1) is 5.56 Å². The summed E-state index contributed by atoms with van der Waals surface area (Å²) in [5.41, 5.74) is 1.69. The largest absolute Gasteiger partial charge is 0.457 e. The van der Waals surface area contributed by atoms with Crippen LogP contribution < -0.4 is 14.2 Å². The summed E-state index contributed by atoms with van der Waals surface area (Å²) in [7, 11) is 0. The summed E-state index contributed by atoms with van der Waals surface area (Å²) in [6, 6.07) is 21.4. The third-order valence-corrected chi connectivity index (χ3v) is 5.55. The van der Waals surface area contributed by atoms with Gasteiger partial charge in [0, 0.05) is 12.2 Å². The Kier molecular flexibility index (Phi) is 8.88. The molecule has 0 fully saturated rings. The number of hydrogen-bond acceptors (Lipinski definition) is 8. The summed E-state index contributed by atoms with van der Waals surface area (Å²) < 4.78 is 39.9. The molecule has 9 heteroatoms. The van der Waals surface area contributed by atoms with Gasteiger partial charge in [-0.3, -0.25) is 0 Å². The van der Waals surface area contributed by atoms with Gasteiger partial charge < -0.3 is 23.7 Å². The Morgan fingerprint density at radius 3 is 1.93 bits per heavy atom. The number of esters is 3. The summed E-state index contributed by atoms with van der Waals surface area (Å²) in [5, 5.41) is 1.67. The van der Waals surface area contributed by atoms with E-state index in [9.17, 15) is 18.8 Å². The van der Waals surface area contributed by atoms with Crippen LogP contribution in [0.1, 0.15) is 10.4 Å². The number of halogens is 1. The van der Waals surface area contributed by atoms with Crippen LogP contribution in [0.3, 0.4) is 0 Å². The molecule has 0 aliphatic rings. The van der Waals surface area contributed by atoms with Crippen molar-refractivity contribution in [2.75, 3.05) is 13.6 Å². The van der Waals surface area contributed by atoms with Crippen molar-refractivity contribution in [2.24, 2.45) is 0 Å². The molecule has 4 aromatic carbocycles. The fourth-order valence-corrected chi connectivity index (χ4v) is 3.54. The normalized spacial score (nSPS) is 10.3. The monoisotopic (exact) mass is 542 g/mol. The van der Waals surface area contributed by atoms with Crippen molar-refractivity contribution in [3.63, 3.8) is 0 Å². The van der Waals surface area contributed by atoms with Crippen molar-refractivity contribution in [1.82, 2.24) is 0 Å². The molecule has 0 unspecified atom stereocenters. The SMILES string of the molecule is C=CC(=O)OCOc1ccc(C(=O)Oc2ccc3cc(-c4ccc(OCOC(=O)C=C)c(F)c4)ccc3c2)cc1. The fraction of sp³-hybridized carbons (Fsp3) is 0.0645. The molecule has 0 amide bonds. The van der Waals surface area contributed by atoms with Gasteiger partial charge in [0.2, 0.25) is 13.6 Å². The van der Waals surface area contributed by atoms with Crippen LogP contribution in [-0.4, -0.2) is 31.5 Å². The lowest BCUT2D eigenvalue weighted by molar-refractivity contribution is -0.145. The average Bonchev–Trinajstić information content (AvgIpc) is 2.97. The van der Waals surface area contributed by atoms with E-state index in [2.05, 4.69) is 13.2 Å². The molecule has 4 rings (SSSR count). The van der Waals surface area contributed by atoms with Gasteiger partial charge in [-0.2, -0.15) is 0 Å². The van der Waals surface area contributed by atoms with Gasteiger partial charge in [0.25, 0.3) is 0 Å². The maximum Gasteiger partial charge on any atom is 0.343 e. The van der Waals surface area contributed by atoms with Crippen LogP contribution in [0.5, 0.6) is 17.2 Å². The highest BCUT2D eigenvalue weighted by atomic mass is 19.1. The Morgan fingerprint density at radius 1 is 0.675 bits per heavy atom. The van der Waals surface area contributed by atoms with Crippen molar-refractivity contribution in [3.8, 4) is 28.4 Å². The molecule has 0 aliphatic carbocycles. The molecule has 8 nitrogen and oxygen atoms in total. The summed E-state index contributed by atoms with van der Waals surface area (Å²) in [5.74, 6) is -1.73. The first-order chi connectivity index (χ1) is 19.4. The van der Waals surface area contributed by atoms with E-state index in [4.69, 9.17) is 23.7 Å². The highest BCUT2D eigenvalue weighted by Gasteiger charge is 2.11. The number of carbonyl (C=O) groups excluding carboxylic acids is 3. The zero-order valence-electron chi connectivity index (χ0n) is 21.1. The van der Waals surface area contributed by atoms with E-state index in [0.29, 0.717) is 22.6 Å². The van der Waals surface area contributed by atoms with Crippen LogP contribution in [0.25, 0.3) is 21.9 Å². The maximum absolute atomic E-state index is 14.5. The van der Waals surface area contributed by atoms with Crippen molar-refractivity contribution in [1.29, 1.82) is 0 Å². The first-order valence-electron chi connectivity index (χ1n) is 11.9. The van der Waals surface area contributed by atoms with E-state index in [-0.39, 0.29) is 12.5 Å². The summed E-state index contributed by atoms with van der Waals surface area (Å²) >= 11 is 0. The van der Waals surface area contributed by atoms with Gasteiger partial charge in [-0.25, -0.2) is 18.8 Å². The molecule has 0 aliphatic heterocycles. The number of fused-ring (bicyclic) bond motifs is 1. The minimum Gasteiger partial charge on any atom is -0.457 e. The Balaban J connectivity index is 1.39. The highest BCUT2D eigenvalue weighted by molar-refractivity contribution is 5.93. The van der Waals surface area contributed by atoms with Gasteiger partial charge in [-0.1, -0.05) is 37.4 Å². The molecular formula is C31H23FO8. The van der Waals surface area contributed by atoms with E-state index in [0.717, 1.165) is 28.5 Å². The molecule has 202 valence electrons. The fourth-order valence-electron chi connectivity index (χ4n) is 3.54.